The molecule has 3 N–H and O–H groups in total. The highest BCUT2D eigenvalue weighted by Crippen LogP contribution is 2.45. The van der Waals surface area contributed by atoms with E-state index < -0.39 is 97.5 Å². The highest BCUT2D eigenvalue weighted by Gasteiger charge is 2.30. The van der Waals surface area contributed by atoms with Crippen LogP contribution in [0.15, 0.2) is 146 Å². The number of hydrogen-bond acceptors (Lipinski definition) is 15. The monoisotopic (exact) mass is 1530 g/mol. The fraction of sp³-hybridized carbons (Fsp3) is 0.678. The fourth-order valence-corrected chi connectivity index (χ4v) is 12.1. The van der Waals surface area contributed by atoms with Gasteiger partial charge in [0.2, 0.25) is 0 Å². The van der Waals surface area contributed by atoms with E-state index in [9.17, 15) is 43.2 Å². The minimum Gasteiger partial charge on any atom is -0.462 e. The first-order valence-electron chi connectivity index (χ1n) is 41.1. The van der Waals surface area contributed by atoms with Crippen molar-refractivity contribution >= 4 is 39.5 Å². The molecule has 0 aromatic carbocycles. The third-order valence-corrected chi connectivity index (χ3v) is 18.7. The summed E-state index contributed by atoms with van der Waals surface area (Å²) in [5.74, 6) is -2.27. The van der Waals surface area contributed by atoms with E-state index in [-0.39, 0.29) is 25.7 Å². The van der Waals surface area contributed by atoms with Gasteiger partial charge in [-0.15, -0.1) is 0 Å². The SMILES string of the molecule is CC/C=C\C/C=C\C/C=C\C/C=C\C/C=C\CCCCCC(=O)OC[C@H](COP(=O)(O)OC[C@@H](O)COP(=O)(O)OC[C@@H](COC(=O)CCCCCCC/C=C\CCCCCC)OC(=O)CCCCCCC/C=C\CCCCCCCC)OC(=O)CCCCC/C=C\C/C=C\C/C=C\C/C=C\C/C=C\CC. The Bertz CT molecular complexity index is 2580. The lowest BCUT2D eigenvalue weighted by molar-refractivity contribution is -0.161. The van der Waals surface area contributed by atoms with Gasteiger partial charge in [0.25, 0.3) is 0 Å². The molecule has 17 nitrogen and oxygen atoms in total. The predicted molar refractivity (Wildman–Crippen MR) is 436 cm³/mol. The van der Waals surface area contributed by atoms with E-state index in [1.807, 2.05) is 0 Å². The van der Waals surface area contributed by atoms with Crippen molar-refractivity contribution in [1.29, 1.82) is 0 Å². The maximum Gasteiger partial charge on any atom is 0.472 e. The number of esters is 4. The molecule has 0 aliphatic heterocycles. The molecule has 0 aromatic rings. The Morgan fingerprint density at radius 3 is 0.783 bits per heavy atom. The minimum absolute atomic E-state index is 0.0432. The molecule has 2 unspecified atom stereocenters. The van der Waals surface area contributed by atoms with Gasteiger partial charge >= 0.3 is 39.5 Å². The van der Waals surface area contributed by atoms with Crippen molar-refractivity contribution in [3.63, 3.8) is 0 Å². The zero-order valence-corrected chi connectivity index (χ0v) is 68.1. The number of allylic oxidation sites excluding steroid dienone is 24. The zero-order valence-electron chi connectivity index (χ0n) is 66.3. The van der Waals surface area contributed by atoms with Crippen LogP contribution in [-0.4, -0.2) is 96.7 Å². The summed E-state index contributed by atoms with van der Waals surface area (Å²) in [7, 11) is -9.99. The average Bonchev–Trinajstić information content (AvgIpc) is 0.903. The van der Waals surface area contributed by atoms with Gasteiger partial charge in [0.05, 0.1) is 26.4 Å². The number of carbonyl (C=O) groups excluding carboxylic acids is 4. The molecule has 0 rings (SSSR count). The molecule has 0 spiro atoms. The topological polar surface area (TPSA) is 237 Å². The number of carbonyl (C=O) groups is 4. The van der Waals surface area contributed by atoms with Gasteiger partial charge in [-0.2, -0.15) is 0 Å². The minimum atomic E-state index is -5.00. The molecule has 0 amide bonds. The van der Waals surface area contributed by atoms with Crippen molar-refractivity contribution in [2.24, 2.45) is 0 Å². The van der Waals surface area contributed by atoms with E-state index >= 15 is 0 Å². The maximum absolute atomic E-state index is 13.1. The normalized spacial score (nSPS) is 14.6. The number of ether oxygens (including phenoxy) is 4. The summed E-state index contributed by atoms with van der Waals surface area (Å²) in [6.07, 6.45) is 89.6. The van der Waals surface area contributed by atoms with Crippen LogP contribution in [0, 0.1) is 0 Å². The summed E-state index contributed by atoms with van der Waals surface area (Å²) in [4.78, 5) is 73.1. The van der Waals surface area contributed by atoms with Crippen molar-refractivity contribution in [2.75, 3.05) is 39.6 Å². The molecule has 0 radical (unpaired) electrons. The Morgan fingerprint density at radius 2 is 0.491 bits per heavy atom. The first-order chi connectivity index (χ1) is 51.7. The number of rotatable bonds is 76. The molecule has 106 heavy (non-hydrogen) atoms. The third-order valence-electron chi connectivity index (χ3n) is 16.8. The predicted octanol–water partition coefficient (Wildman–Crippen LogP) is 24.2. The highest BCUT2D eigenvalue weighted by molar-refractivity contribution is 7.47. The van der Waals surface area contributed by atoms with E-state index in [0.717, 1.165) is 180 Å². The largest absolute Gasteiger partial charge is 0.472 e. The molecule has 0 fully saturated rings. The summed E-state index contributed by atoms with van der Waals surface area (Å²) in [6.45, 7) is 4.55. The molecule has 0 bridgehead atoms. The standard InChI is InChI=1S/C87H146O17P2/c1-5-9-13-17-21-25-29-33-36-38-40-42-45-48-52-56-60-64-68-72-85(90)98-78-83(104-87(92)74-70-66-62-58-54-50-46-43-41-39-37-34-30-26-22-18-14-10-6-2)80-102-106(95,96)100-76-81(88)75-99-105(93,94)101-79-82(77-97-84(89)71-67-63-59-55-51-47-32-28-24-20-16-12-8-4)103-86(91)73-69-65-61-57-53-49-44-35-31-27-23-19-15-11-7-3/h9-10,13-14,21-22,25-26,28,32-37,40-44,48,50,52,54,81-83,88H,5-8,11-12,15-20,23-24,27,29-31,38-39,45-47,49,51,53,55-80H2,1-4H3,(H,93,94)(H,95,96)/b13-9-,14-10-,25-21-,26-22-,32-28-,36-33-,37-34-,42-40-,43-41-,44-35-,52-48-,54-50-/t81-,82+,83+/m0/s1. The summed E-state index contributed by atoms with van der Waals surface area (Å²) in [5, 5.41) is 10.7. The lowest BCUT2D eigenvalue weighted by Crippen LogP contribution is -2.30. The highest BCUT2D eigenvalue weighted by atomic mass is 31.2. The lowest BCUT2D eigenvalue weighted by atomic mass is 10.1. The van der Waals surface area contributed by atoms with Crippen LogP contribution in [0.4, 0.5) is 0 Å². The molecule has 19 heteroatoms. The molecule has 0 aliphatic carbocycles. The summed E-state index contributed by atoms with van der Waals surface area (Å²) in [6, 6.07) is 0. The first kappa shape index (κ1) is 101. The average molecular weight is 1530 g/mol. The van der Waals surface area contributed by atoms with Gasteiger partial charge in [0.15, 0.2) is 12.2 Å². The third kappa shape index (κ3) is 77.1. The van der Waals surface area contributed by atoms with Gasteiger partial charge in [-0.25, -0.2) is 9.13 Å². The number of aliphatic hydroxyl groups is 1. The maximum atomic E-state index is 13.1. The van der Waals surface area contributed by atoms with Crippen LogP contribution in [0.1, 0.15) is 323 Å². The van der Waals surface area contributed by atoms with Crippen LogP contribution >= 0.6 is 15.6 Å². The van der Waals surface area contributed by atoms with Crippen molar-refractivity contribution in [2.45, 2.75) is 341 Å². The molecule has 0 aliphatic rings. The molecule has 0 aromatic heterocycles. The van der Waals surface area contributed by atoms with Crippen molar-refractivity contribution in [3.8, 4) is 0 Å². The second-order valence-corrected chi connectivity index (χ2v) is 29.8. The number of aliphatic hydroxyl groups excluding tert-OH is 1. The Labute approximate surface area is 643 Å². The molecule has 606 valence electrons. The fourth-order valence-electron chi connectivity index (χ4n) is 10.6. The summed E-state index contributed by atoms with van der Waals surface area (Å²) >= 11 is 0. The number of phosphoric ester groups is 2. The van der Waals surface area contributed by atoms with Crippen LogP contribution in [0.25, 0.3) is 0 Å². The lowest BCUT2D eigenvalue weighted by Gasteiger charge is -2.21. The van der Waals surface area contributed by atoms with Crippen LogP contribution in [0.5, 0.6) is 0 Å². The quantitative estimate of drug-likeness (QED) is 0.0169. The van der Waals surface area contributed by atoms with E-state index in [0.29, 0.717) is 25.7 Å². The van der Waals surface area contributed by atoms with E-state index in [4.69, 9.17) is 37.0 Å². The van der Waals surface area contributed by atoms with Gasteiger partial charge < -0.3 is 33.8 Å². The number of unbranched alkanes of at least 4 members (excludes halogenated alkanes) is 26. The number of phosphoric acid groups is 2. The second kappa shape index (κ2) is 78.1. The van der Waals surface area contributed by atoms with Crippen molar-refractivity contribution < 1.29 is 80.2 Å². The van der Waals surface area contributed by atoms with Gasteiger partial charge in [0.1, 0.15) is 19.3 Å². The van der Waals surface area contributed by atoms with Gasteiger partial charge in [-0.3, -0.25) is 37.3 Å². The molecule has 0 saturated carbocycles. The Kier molecular flexibility index (Phi) is 74.3. The van der Waals surface area contributed by atoms with Crippen molar-refractivity contribution in [1.82, 2.24) is 0 Å². The summed E-state index contributed by atoms with van der Waals surface area (Å²) in [5.41, 5.74) is 0. The molecular formula is C87H146O17P2. The van der Waals surface area contributed by atoms with Crippen LogP contribution in [0.2, 0.25) is 0 Å². The Hall–Kier alpha value is -5.06. The van der Waals surface area contributed by atoms with Crippen molar-refractivity contribution in [3.05, 3.63) is 146 Å². The van der Waals surface area contributed by atoms with Crippen LogP contribution in [0.3, 0.4) is 0 Å². The molecule has 0 heterocycles. The van der Waals surface area contributed by atoms with E-state index in [1.54, 1.807) is 0 Å². The second-order valence-electron chi connectivity index (χ2n) is 26.9. The summed E-state index contributed by atoms with van der Waals surface area (Å²) < 4.78 is 68.6. The molecule has 0 saturated heterocycles. The Balaban J connectivity index is 5.46. The van der Waals surface area contributed by atoms with E-state index in [1.165, 1.54) is 64.2 Å². The van der Waals surface area contributed by atoms with Gasteiger partial charge in [-0.1, -0.05) is 276 Å². The van der Waals surface area contributed by atoms with Gasteiger partial charge in [-0.05, 0) is 167 Å². The number of hydrogen-bond donors (Lipinski definition) is 3. The molecule has 5 atom stereocenters. The van der Waals surface area contributed by atoms with Crippen LogP contribution < -0.4 is 0 Å². The van der Waals surface area contributed by atoms with Gasteiger partial charge in [0, 0.05) is 25.7 Å². The Morgan fingerprint density at radius 1 is 0.274 bits per heavy atom. The smallest absolute Gasteiger partial charge is 0.462 e. The van der Waals surface area contributed by atoms with E-state index in [2.05, 4.69) is 174 Å². The first-order valence-corrected chi connectivity index (χ1v) is 44.1. The van der Waals surface area contributed by atoms with Crippen LogP contribution in [-0.2, 0) is 65.4 Å². The molecular weight excluding hydrogens is 1380 g/mol. The zero-order chi connectivity index (χ0) is 77.4.